The van der Waals surface area contributed by atoms with Gasteiger partial charge in [0.25, 0.3) is 0 Å². The number of aromatic nitrogens is 1. The van der Waals surface area contributed by atoms with Crippen molar-refractivity contribution in [2.45, 2.75) is 37.4 Å². The molecule has 1 aliphatic carbocycles. The molecule has 0 bridgehead atoms. The molecule has 1 aromatic heterocycles. The number of nitrogens with one attached hydrogen (secondary N) is 1. The van der Waals surface area contributed by atoms with Crippen molar-refractivity contribution in [3.05, 3.63) is 30.0 Å². The van der Waals surface area contributed by atoms with Crippen molar-refractivity contribution in [2.75, 3.05) is 20.3 Å². The van der Waals surface area contributed by atoms with E-state index in [9.17, 15) is 0 Å². The molecule has 112 valence electrons. The molecule has 2 heterocycles. The highest BCUT2D eigenvalue weighted by Gasteiger charge is 2.40. The van der Waals surface area contributed by atoms with Crippen LogP contribution in [0.1, 0.15) is 37.2 Å². The molecule has 0 unspecified atom stereocenters. The Kier molecular flexibility index (Phi) is 3.16. The topological polar surface area (TPSA) is 43.5 Å². The van der Waals surface area contributed by atoms with Crippen molar-refractivity contribution in [3.8, 4) is 5.75 Å². The maximum absolute atomic E-state index is 5.82. The van der Waals surface area contributed by atoms with Crippen LogP contribution in [0.25, 0.3) is 10.9 Å². The van der Waals surface area contributed by atoms with E-state index in [4.69, 9.17) is 14.2 Å². The van der Waals surface area contributed by atoms with Gasteiger partial charge in [0.2, 0.25) is 0 Å². The van der Waals surface area contributed by atoms with Gasteiger partial charge in [-0.05, 0) is 36.5 Å². The first-order chi connectivity index (χ1) is 10.3. The molecule has 0 amide bonds. The predicted octanol–water partition coefficient (Wildman–Crippen LogP) is 3.58. The zero-order valence-electron chi connectivity index (χ0n) is 12.4. The van der Waals surface area contributed by atoms with Crippen LogP contribution < -0.4 is 4.74 Å². The first-order valence-electron chi connectivity index (χ1n) is 7.73. The predicted molar refractivity (Wildman–Crippen MR) is 80.7 cm³/mol. The van der Waals surface area contributed by atoms with E-state index in [0.717, 1.165) is 50.2 Å². The molecule has 2 fully saturated rings. The van der Waals surface area contributed by atoms with Crippen molar-refractivity contribution in [1.29, 1.82) is 0 Å². The largest absolute Gasteiger partial charge is 0.497 e. The average Bonchev–Trinajstić information content (AvgIpc) is 3.15. The van der Waals surface area contributed by atoms with Crippen LogP contribution in [0, 0.1) is 0 Å². The second kappa shape index (κ2) is 5.04. The highest BCUT2D eigenvalue weighted by Crippen LogP contribution is 2.44. The van der Waals surface area contributed by atoms with Gasteiger partial charge in [0.1, 0.15) is 5.75 Å². The minimum Gasteiger partial charge on any atom is -0.497 e. The van der Waals surface area contributed by atoms with Gasteiger partial charge >= 0.3 is 0 Å². The minimum absolute atomic E-state index is 0.272. The van der Waals surface area contributed by atoms with Crippen molar-refractivity contribution < 1.29 is 14.2 Å². The van der Waals surface area contributed by atoms with E-state index in [-0.39, 0.29) is 5.79 Å². The molecule has 0 radical (unpaired) electrons. The van der Waals surface area contributed by atoms with Gasteiger partial charge in [0.05, 0.1) is 20.3 Å². The standard InChI is InChI=1S/C17H21NO3/c1-19-13-2-3-14-15(11-18-16(14)10-13)12-4-6-17(7-5-12)20-8-9-21-17/h2-3,10-12,18H,4-9H2,1H3. The summed E-state index contributed by atoms with van der Waals surface area (Å²) in [6.45, 7) is 1.50. The lowest BCUT2D eigenvalue weighted by molar-refractivity contribution is -0.178. The normalized spacial score (nSPS) is 22.1. The van der Waals surface area contributed by atoms with Gasteiger partial charge in [-0.2, -0.15) is 0 Å². The summed E-state index contributed by atoms with van der Waals surface area (Å²) >= 11 is 0. The van der Waals surface area contributed by atoms with Gasteiger partial charge in [-0.25, -0.2) is 0 Å². The van der Waals surface area contributed by atoms with Crippen LogP contribution in [0.3, 0.4) is 0 Å². The summed E-state index contributed by atoms with van der Waals surface area (Å²) in [5.74, 6) is 1.21. The quantitative estimate of drug-likeness (QED) is 0.918. The number of aromatic amines is 1. The van der Waals surface area contributed by atoms with Crippen LogP contribution in [0.2, 0.25) is 0 Å². The Balaban J connectivity index is 1.57. The highest BCUT2D eigenvalue weighted by atomic mass is 16.7. The van der Waals surface area contributed by atoms with E-state index >= 15 is 0 Å². The second-order valence-corrected chi connectivity index (χ2v) is 6.04. The van der Waals surface area contributed by atoms with E-state index in [2.05, 4.69) is 23.3 Å². The molecule has 2 aromatic rings. The fraction of sp³-hybridized carbons (Fsp3) is 0.529. The molecule has 1 N–H and O–H groups in total. The molecule has 21 heavy (non-hydrogen) atoms. The van der Waals surface area contributed by atoms with Crippen LogP contribution in [0.15, 0.2) is 24.4 Å². The molecule has 1 spiro atoms. The Bertz CT molecular complexity index is 633. The van der Waals surface area contributed by atoms with Gasteiger partial charge in [0, 0.05) is 36.0 Å². The number of ether oxygens (including phenoxy) is 3. The molecular formula is C17H21NO3. The summed E-state index contributed by atoms with van der Waals surface area (Å²) in [7, 11) is 1.70. The maximum atomic E-state index is 5.82. The lowest BCUT2D eigenvalue weighted by Gasteiger charge is -2.35. The monoisotopic (exact) mass is 287 g/mol. The van der Waals surface area contributed by atoms with Crippen molar-refractivity contribution in [1.82, 2.24) is 4.98 Å². The van der Waals surface area contributed by atoms with Crippen molar-refractivity contribution in [3.63, 3.8) is 0 Å². The number of methoxy groups -OCH3 is 1. The number of hydrogen-bond donors (Lipinski definition) is 1. The molecule has 4 nitrogen and oxygen atoms in total. The Labute approximate surface area is 124 Å². The Morgan fingerprint density at radius 3 is 2.67 bits per heavy atom. The van der Waals surface area contributed by atoms with Crippen LogP contribution in [0.5, 0.6) is 5.75 Å². The number of H-pyrrole nitrogens is 1. The lowest BCUT2D eigenvalue weighted by atomic mass is 9.81. The van der Waals surface area contributed by atoms with Crippen LogP contribution in [0.4, 0.5) is 0 Å². The Hall–Kier alpha value is -1.52. The fourth-order valence-corrected chi connectivity index (χ4v) is 3.75. The van der Waals surface area contributed by atoms with E-state index in [1.165, 1.54) is 10.9 Å². The molecule has 4 heteroatoms. The first kappa shape index (κ1) is 13.2. The number of benzene rings is 1. The van der Waals surface area contributed by atoms with Crippen molar-refractivity contribution >= 4 is 10.9 Å². The van der Waals surface area contributed by atoms with Gasteiger partial charge in [-0.15, -0.1) is 0 Å². The van der Waals surface area contributed by atoms with Gasteiger partial charge in [-0.1, -0.05) is 0 Å². The molecule has 1 saturated heterocycles. The molecule has 1 saturated carbocycles. The van der Waals surface area contributed by atoms with Gasteiger partial charge in [0.15, 0.2) is 5.79 Å². The molecule has 2 aliphatic rings. The Morgan fingerprint density at radius 1 is 1.19 bits per heavy atom. The Morgan fingerprint density at radius 2 is 1.95 bits per heavy atom. The van der Waals surface area contributed by atoms with E-state index in [0.29, 0.717) is 5.92 Å². The first-order valence-corrected chi connectivity index (χ1v) is 7.73. The zero-order chi connectivity index (χ0) is 14.3. The van der Waals surface area contributed by atoms with Gasteiger partial charge in [-0.3, -0.25) is 0 Å². The van der Waals surface area contributed by atoms with Gasteiger partial charge < -0.3 is 19.2 Å². The minimum atomic E-state index is -0.272. The van der Waals surface area contributed by atoms with E-state index < -0.39 is 0 Å². The second-order valence-electron chi connectivity index (χ2n) is 6.04. The third-order valence-corrected chi connectivity index (χ3v) is 4.92. The summed E-state index contributed by atoms with van der Waals surface area (Å²) in [6.07, 6.45) is 6.40. The van der Waals surface area contributed by atoms with Crippen LogP contribution in [-0.4, -0.2) is 31.1 Å². The average molecular weight is 287 g/mol. The molecular weight excluding hydrogens is 266 g/mol. The third kappa shape index (κ3) is 2.23. The molecule has 1 aromatic carbocycles. The summed E-state index contributed by atoms with van der Waals surface area (Å²) < 4.78 is 16.9. The number of hydrogen-bond acceptors (Lipinski definition) is 3. The zero-order valence-corrected chi connectivity index (χ0v) is 12.4. The SMILES string of the molecule is COc1ccc2c(C3CCC4(CC3)OCCO4)c[nH]c2c1. The summed E-state index contributed by atoms with van der Waals surface area (Å²) in [5.41, 5.74) is 2.57. The smallest absolute Gasteiger partial charge is 0.168 e. The highest BCUT2D eigenvalue weighted by molar-refractivity contribution is 5.85. The van der Waals surface area contributed by atoms with Crippen molar-refractivity contribution in [2.24, 2.45) is 0 Å². The summed E-state index contributed by atoms with van der Waals surface area (Å²) in [4.78, 5) is 3.38. The van der Waals surface area contributed by atoms with Crippen LogP contribution >= 0.6 is 0 Å². The summed E-state index contributed by atoms with van der Waals surface area (Å²) in [6, 6.07) is 6.26. The molecule has 1 aliphatic heterocycles. The maximum Gasteiger partial charge on any atom is 0.168 e. The lowest BCUT2D eigenvalue weighted by Crippen LogP contribution is -2.34. The fourth-order valence-electron chi connectivity index (χ4n) is 3.75. The third-order valence-electron chi connectivity index (χ3n) is 4.92. The number of fused-ring (bicyclic) bond motifs is 1. The van der Waals surface area contributed by atoms with Crippen LogP contribution in [-0.2, 0) is 9.47 Å². The van der Waals surface area contributed by atoms with E-state index in [1.54, 1.807) is 7.11 Å². The molecule has 0 atom stereocenters. The summed E-state index contributed by atoms with van der Waals surface area (Å²) in [5, 5.41) is 1.31. The van der Waals surface area contributed by atoms with E-state index in [1.807, 2.05) is 6.07 Å². The molecule has 4 rings (SSSR count). The number of rotatable bonds is 2.